The van der Waals surface area contributed by atoms with Crippen LogP contribution in [0.25, 0.3) is 0 Å². The van der Waals surface area contributed by atoms with Crippen LogP contribution in [0.2, 0.25) is 0 Å². The highest BCUT2D eigenvalue weighted by molar-refractivity contribution is 5.69. The molecule has 0 bridgehead atoms. The number of benzene rings is 1. The van der Waals surface area contributed by atoms with Gasteiger partial charge in [0, 0.05) is 31.0 Å². The molecule has 0 spiro atoms. The summed E-state index contributed by atoms with van der Waals surface area (Å²) < 4.78 is 5.59. The summed E-state index contributed by atoms with van der Waals surface area (Å²) in [7, 11) is 3.54. The molecule has 140 valence electrons. The van der Waals surface area contributed by atoms with E-state index in [1.807, 2.05) is 38.4 Å². The van der Waals surface area contributed by atoms with Gasteiger partial charge in [0.2, 0.25) is 5.95 Å². The first-order chi connectivity index (χ1) is 13.2. The number of H-pyrrole nitrogens is 1. The molecule has 0 aliphatic carbocycles. The fraction of sp³-hybridized carbons (Fsp3) is 0.316. The highest BCUT2D eigenvalue weighted by Gasteiger charge is 2.21. The van der Waals surface area contributed by atoms with E-state index in [1.54, 1.807) is 7.11 Å². The number of ether oxygens (including phenoxy) is 1. The standard InChI is InChI=1S/C19H23N7O/c1-12-8-18(20-2)24-19(22-12)23-14-4-5-17(27-3)16(9-14)26-7-6-13-10-21-25-15(13)11-26/h4-5,8-10H,6-7,11H2,1-3H3,(H,21,25)(H2,20,22,23,24). The van der Waals surface area contributed by atoms with E-state index in [0.717, 1.165) is 53.8 Å². The second kappa shape index (κ2) is 7.14. The monoisotopic (exact) mass is 365 g/mol. The summed E-state index contributed by atoms with van der Waals surface area (Å²) in [6.45, 7) is 3.64. The number of nitrogens with zero attached hydrogens (tertiary/aromatic N) is 4. The minimum absolute atomic E-state index is 0.560. The number of fused-ring (bicyclic) bond motifs is 1. The minimum atomic E-state index is 0.560. The zero-order valence-corrected chi connectivity index (χ0v) is 15.7. The zero-order chi connectivity index (χ0) is 18.8. The van der Waals surface area contributed by atoms with Crippen LogP contribution in [0.5, 0.6) is 5.75 Å². The molecule has 0 saturated heterocycles. The van der Waals surface area contributed by atoms with Crippen LogP contribution in [-0.4, -0.2) is 40.9 Å². The molecule has 1 aliphatic rings. The Morgan fingerprint density at radius 1 is 1.22 bits per heavy atom. The lowest BCUT2D eigenvalue weighted by Crippen LogP contribution is -2.30. The average Bonchev–Trinajstić information content (AvgIpc) is 3.15. The van der Waals surface area contributed by atoms with Crippen molar-refractivity contribution in [1.29, 1.82) is 0 Å². The van der Waals surface area contributed by atoms with Gasteiger partial charge in [0.25, 0.3) is 0 Å². The number of anilines is 4. The fourth-order valence-corrected chi connectivity index (χ4v) is 3.32. The molecule has 8 heteroatoms. The molecule has 0 atom stereocenters. The van der Waals surface area contributed by atoms with E-state index in [1.165, 1.54) is 5.56 Å². The summed E-state index contributed by atoms with van der Waals surface area (Å²) in [4.78, 5) is 11.2. The summed E-state index contributed by atoms with van der Waals surface area (Å²) >= 11 is 0. The van der Waals surface area contributed by atoms with Gasteiger partial charge in [-0.2, -0.15) is 10.1 Å². The summed E-state index contributed by atoms with van der Waals surface area (Å²) in [5, 5.41) is 13.6. The molecular formula is C19H23N7O. The molecule has 0 amide bonds. The van der Waals surface area contributed by atoms with E-state index in [-0.39, 0.29) is 0 Å². The Balaban J connectivity index is 1.62. The van der Waals surface area contributed by atoms with E-state index in [0.29, 0.717) is 5.95 Å². The van der Waals surface area contributed by atoms with Gasteiger partial charge in [-0.25, -0.2) is 4.98 Å². The van der Waals surface area contributed by atoms with E-state index in [9.17, 15) is 0 Å². The molecule has 0 saturated carbocycles. The van der Waals surface area contributed by atoms with Crippen LogP contribution < -0.4 is 20.3 Å². The molecule has 0 fully saturated rings. The van der Waals surface area contributed by atoms with Crippen molar-refractivity contribution < 1.29 is 4.74 Å². The van der Waals surface area contributed by atoms with Crippen molar-refractivity contribution in [2.75, 3.05) is 36.2 Å². The first kappa shape index (κ1) is 17.1. The van der Waals surface area contributed by atoms with Crippen molar-refractivity contribution in [3.8, 4) is 5.75 Å². The molecule has 8 nitrogen and oxygen atoms in total. The molecule has 0 unspecified atom stereocenters. The smallest absolute Gasteiger partial charge is 0.229 e. The van der Waals surface area contributed by atoms with Gasteiger partial charge in [-0.15, -0.1) is 0 Å². The van der Waals surface area contributed by atoms with E-state index < -0.39 is 0 Å². The normalized spacial score (nSPS) is 13.2. The first-order valence-electron chi connectivity index (χ1n) is 8.91. The Kier molecular flexibility index (Phi) is 4.53. The van der Waals surface area contributed by atoms with Crippen molar-refractivity contribution in [3.63, 3.8) is 0 Å². The number of aryl methyl sites for hydroxylation is 1. The van der Waals surface area contributed by atoms with Crippen molar-refractivity contribution in [2.24, 2.45) is 0 Å². The number of aromatic nitrogens is 4. The van der Waals surface area contributed by atoms with Gasteiger partial charge < -0.3 is 20.3 Å². The third-order valence-electron chi connectivity index (χ3n) is 4.69. The van der Waals surface area contributed by atoms with Crippen LogP contribution in [0.4, 0.5) is 23.1 Å². The van der Waals surface area contributed by atoms with Gasteiger partial charge in [-0.3, -0.25) is 5.10 Å². The van der Waals surface area contributed by atoms with Gasteiger partial charge >= 0.3 is 0 Å². The van der Waals surface area contributed by atoms with Crippen LogP contribution in [-0.2, 0) is 13.0 Å². The Labute approximate surface area is 158 Å². The largest absolute Gasteiger partial charge is 0.495 e. The van der Waals surface area contributed by atoms with E-state index in [4.69, 9.17) is 4.74 Å². The summed E-state index contributed by atoms with van der Waals surface area (Å²) in [5.74, 6) is 2.18. The summed E-state index contributed by atoms with van der Waals surface area (Å²) in [6, 6.07) is 7.92. The molecule has 1 aromatic carbocycles. The van der Waals surface area contributed by atoms with E-state index in [2.05, 4.69) is 41.8 Å². The molecule has 3 aromatic rings. The second-order valence-corrected chi connectivity index (χ2v) is 6.53. The van der Waals surface area contributed by atoms with Crippen molar-refractivity contribution >= 4 is 23.1 Å². The van der Waals surface area contributed by atoms with Crippen molar-refractivity contribution in [2.45, 2.75) is 19.9 Å². The zero-order valence-electron chi connectivity index (χ0n) is 15.7. The minimum Gasteiger partial charge on any atom is -0.495 e. The third kappa shape index (κ3) is 3.51. The maximum absolute atomic E-state index is 5.59. The first-order valence-corrected chi connectivity index (χ1v) is 8.91. The lowest BCUT2D eigenvalue weighted by atomic mass is 10.1. The van der Waals surface area contributed by atoms with Crippen LogP contribution in [0.15, 0.2) is 30.5 Å². The molecule has 3 N–H and O–H groups in total. The second-order valence-electron chi connectivity index (χ2n) is 6.53. The maximum atomic E-state index is 5.59. The Hall–Kier alpha value is -3.29. The molecule has 0 radical (unpaired) electrons. The fourth-order valence-electron chi connectivity index (χ4n) is 3.32. The van der Waals surface area contributed by atoms with Crippen molar-refractivity contribution in [3.05, 3.63) is 47.4 Å². The number of hydrogen-bond donors (Lipinski definition) is 3. The number of methoxy groups -OCH3 is 1. The van der Waals surface area contributed by atoms with Crippen LogP contribution in [0.3, 0.4) is 0 Å². The number of aromatic amines is 1. The predicted octanol–water partition coefficient (Wildman–Crippen LogP) is 2.86. The van der Waals surface area contributed by atoms with Crippen LogP contribution in [0, 0.1) is 6.92 Å². The van der Waals surface area contributed by atoms with Gasteiger partial charge in [-0.1, -0.05) is 0 Å². The molecule has 1 aliphatic heterocycles. The molecule has 4 rings (SSSR count). The van der Waals surface area contributed by atoms with Crippen LogP contribution in [0.1, 0.15) is 17.0 Å². The topological polar surface area (TPSA) is 91.0 Å². The maximum Gasteiger partial charge on any atom is 0.229 e. The highest BCUT2D eigenvalue weighted by Crippen LogP contribution is 2.34. The van der Waals surface area contributed by atoms with Crippen molar-refractivity contribution in [1.82, 2.24) is 20.2 Å². The summed E-state index contributed by atoms with van der Waals surface area (Å²) in [5.41, 5.74) is 5.28. The van der Waals surface area contributed by atoms with Gasteiger partial charge in [-0.05, 0) is 37.1 Å². The number of rotatable bonds is 5. The SMILES string of the molecule is CNc1cc(C)nc(Nc2ccc(OC)c(N3CCc4cn[nH]c4C3)c2)n1. The van der Waals surface area contributed by atoms with Crippen LogP contribution >= 0.6 is 0 Å². The van der Waals surface area contributed by atoms with Gasteiger partial charge in [0.05, 0.1) is 31.2 Å². The molecule has 2 aromatic heterocycles. The Morgan fingerprint density at radius 2 is 2.11 bits per heavy atom. The molecular weight excluding hydrogens is 342 g/mol. The lowest BCUT2D eigenvalue weighted by molar-refractivity contribution is 0.414. The highest BCUT2D eigenvalue weighted by atomic mass is 16.5. The van der Waals surface area contributed by atoms with E-state index >= 15 is 0 Å². The number of hydrogen-bond acceptors (Lipinski definition) is 7. The van der Waals surface area contributed by atoms with Gasteiger partial charge in [0.1, 0.15) is 11.6 Å². The molecule has 3 heterocycles. The predicted molar refractivity (Wildman–Crippen MR) is 106 cm³/mol. The summed E-state index contributed by atoms with van der Waals surface area (Å²) in [6.07, 6.45) is 2.87. The number of nitrogens with one attached hydrogen (secondary N) is 3. The van der Waals surface area contributed by atoms with Gasteiger partial charge in [0.15, 0.2) is 0 Å². The molecule has 27 heavy (non-hydrogen) atoms. The quantitative estimate of drug-likeness (QED) is 0.640. The Bertz CT molecular complexity index is 953. The average molecular weight is 365 g/mol. The Morgan fingerprint density at radius 3 is 2.93 bits per heavy atom. The third-order valence-corrected chi connectivity index (χ3v) is 4.69. The lowest BCUT2D eigenvalue weighted by Gasteiger charge is -2.30.